The van der Waals surface area contributed by atoms with E-state index >= 15 is 0 Å². The Kier molecular flexibility index (Phi) is 4.76. The SMILES string of the molecule is CCC[C@H]1C(=O)O[C@H]1CCOCc1ccccc1. The topological polar surface area (TPSA) is 35.5 Å². The van der Waals surface area contributed by atoms with Gasteiger partial charge in [-0.05, 0) is 12.0 Å². The van der Waals surface area contributed by atoms with Crippen molar-refractivity contribution < 1.29 is 14.3 Å². The van der Waals surface area contributed by atoms with Crippen molar-refractivity contribution in [3.8, 4) is 0 Å². The van der Waals surface area contributed by atoms with Crippen molar-refractivity contribution in [2.24, 2.45) is 5.92 Å². The molecule has 1 saturated heterocycles. The summed E-state index contributed by atoms with van der Waals surface area (Å²) >= 11 is 0. The van der Waals surface area contributed by atoms with Crippen LogP contribution in [0.1, 0.15) is 31.7 Å². The third-order valence-corrected chi connectivity index (χ3v) is 3.28. The Hall–Kier alpha value is -1.35. The summed E-state index contributed by atoms with van der Waals surface area (Å²) < 4.78 is 10.7. The van der Waals surface area contributed by atoms with Crippen LogP contribution in [-0.2, 0) is 20.9 Å². The number of hydrogen-bond donors (Lipinski definition) is 0. The van der Waals surface area contributed by atoms with Gasteiger partial charge in [-0.1, -0.05) is 43.7 Å². The molecule has 98 valence electrons. The molecule has 0 aliphatic carbocycles. The molecular weight excluding hydrogens is 228 g/mol. The fourth-order valence-electron chi connectivity index (χ4n) is 2.24. The highest BCUT2D eigenvalue weighted by atomic mass is 16.6. The van der Waals surface area contributed by atoms with Crippen LogP contribution >= 0.6 is 0 Å². The molecule has 3 heteroatoms. The van der Waals surface area contributed by atoms with Gasteiger partial charge >= 0.3 is 5.97 Å². The first-order valence-corrected chi connectivity index (χ1v) is 6.63. The van der Waals surface area contributed by atoms with Gasteiger partial charge in [-0.15, -0.1) is 0 Å². The van der Waals surface area contributed by atoms with E-state index in [0.717, 1.165) is 19.3 Å². The quantitative estimate of drug-likeness (QED) is 0.550. The summed E-state index contributed by atoms with van der Waals surface area (Å²) in [5.41, 5.74) is 1.17. The van der Waals surface area contributed by atoms with Crippen molar-refractivity contribution in [3.05, 3.63) is 35.9 Å². The van der Waals surface area contributed by atoms with Gasteiger partial charge in [0.05, 0.1) is 19.1 Å². The van der Waals surface area contributed by atoms with Crippen molar-refractivity contribution in [1.29, 1.82) is 0 Å². The Labute approximate surface area is 108 Å². The molecule has 1 aromatic rings. The lowest BCUT2D eigenvalue weighted by atomic mass is 9.90. The number of hydrogen-bond acceptors (Lipinski definition) is 3. The average molecular weight is 248 g/mol. The van der Waals surface area contributed by atoms with Crippen molar-refractivity contribution in [1.82, 2.24) is 0 Å². The van der Waals surface area contributed by atoms with E-state index in [2.05, 4.69) is 6.92 Å². The van der Waals surface area contributed by atoms with Gasteiger partial charge in [0, 0.05) is 6.42 Å². The predicted octanol–water partition coefficient (Wildman–Crippen LogP) is 2.94. The Morgan fingerprint density at radius 1 is 1.22 bits per heavy atom. The van der Waals surface area contributed by atoms with Crippen molar-refractivity contribution in [2.75, 3.05) is 6.61 Å². The molecule has 0 spiro atoms. The Balaban J connectivity index is 1.63. The third-order valence-electron chi connectivity index (χ3n) is 3.28. The first-order valence-electron chi connectivity index (χ1n) is 6.63. The standard InChI is InChI=1S/C15H20O3/c1-2-6-13-14(18-15(13)16)9-10-17-11-12-7-4-3-5-8-12/h3-5,7-8,13-14H,2,6,9-11H2,1H3/t13-,14+/m1/s1. The molecule has 2 atom stereocenters. The lowest BCUT2D eigenvalue weighted by Gasteiger charge is -2.35. The number of ether oxygens (including phenoxy) is 2. The van der Waals surface area contributed by atoms with Crippen LogP contribution in [0.2, 0.25) is 0 Å². The maximum atomic E-state index is 11.2. The highest BCUT2D eigenvalue weighted by Crippen LogP contribution is 2.29. The molecule has 3 nitrogen and oxygen atoms in total. The average Bonchev–Trinajstić information content (AvgIpc) is 2.41. The smallest absolute Gasteiger partial charge is 0.313 e. The number of carbonyl (C=O) groups is 1. The Morgan fingerprint density at radius 2 is 2.00 bits per heavy atom. The summed E-state index contributed by atoms with van der Waals surface area (Å²) in [5, 5.41) is 0. The van der Waals surface area contributed by atoms with E-state index < -0.39 is 0 Å². The zero-order chi connectivity index (χ0) is 12.8. The highest BCUT2D eigenvalue weighted by molar-refractivity contribution is 5.78. The van der Waals surface area contributed by atoms with Crippen molar-refractivity contribution in [3.63, 3.8) is 0 Å². The molecule has 0 unspecified atom stereocenters. The second kappa shape index (κ2) is 6.55. The number of carbonyl (C=O) groups excluding carboxylic acids is 1. The molecule has 1 heterocycles. The van der Waals surface area contributed by atoms with Gasteiger partial charge in [0.2, 0.25) is 0 Å². The second-order valence-corrected chi connectivity index (χ2v) is 4.70. The maximum Gasteiger partial charge on any atom is 0.313 e. The van der Waals surface area contributed by atoms with Crippen LogP contribution < -0.4 is 0 Å². The van der Waals surface area contributed by atoms with Crippen LogP contribution in [-0.4, -0.2) is 18.7 Å². The minimum atomic E-state index is -0.0371. The van der Waals surface area contributed by atoms with Crippen LogP contribution in [0.4, 0.5) is 0 Å². The van der Waals surface area contributed by atoms with Gasteiger partial charge in [0.15, 0.2) is 0 Å². The van der Waals surface area contributed by atoms with Crippen LogP contribution in [0.5, 0.6) is 0 Å². The Morgan fingerprint density at radius 3 is 2.67 bits per heavy atom. The lowest BCUT2D eigenvalue weighted by Crippen LogP contribution is -2.45. The molecule has 1 aliphatic rings. The van der Waals surface area contributed by atoms with Crippen LogP contribution in [0.3, 0.4) is 0 Å². The molecule has 2 rings (SSSR count). The molecule has 1 fully saturated rings. The van der Waals surface area contributed by atoms with E-state index in [1.54, 1.807) is 0 Å². The van der Waals surface area contributed by atoms with E-state index in [9.17, 15) is 4.79 Å². The van der Waals surface area contributed by atoms with Crippen molar-refractivity contribution >= 4 is 5.97 Å². The van der Waals surface area contributed by atoms with E-state index in [4.69, 9.17) is 9.47 Å². The number of rotatable bonds is 7. The van der Waals surface area contributed by atoms with Crippen LogP contribution in [0, 0.1) is 5.92 Å². The summed E-state index contributed by atoms with van der Waals surface area (Å²) in [6, 6.07) is 10.1. The number of esters is 1. The molecule has 0 amide bonds. The zero-order valence-corrected chi connectivity index (χ0v) is 10.8. The summed E-state index contributed by atoms with van der Waals surface area (Å²) in [5.74, 6) is 0.0697. The monoisotopic (exact) mass is 248 g/mol. The van der Waals surface area contributed by atoms with Gasteiger partial charge in [-0.25, -0.2) is 0 Å². The van der Waals surface area contributed by atoms with E-state index in [-0.39, 0.29) is 18.0 Å². The number of cyclic esters (lactones) is 1. The normalized spacial score (nSPS) is 22.4. The zero-order valence-electron chi connectivity index (χ0n) is 10.8. The first-order chi connectivity index (χ1) is 8.81. The summed E-state index contributed by atoms with van der Waals surface area (Å²) in [4.78, 5) is 11.2. The third kappa shape index (κ3) is 3.33. The molecular formula is C15H20O3. The van der Waals surface area contributed by atoms with E-state index in [1.165, 1.54) is 5.56 Å². The molecule has 0 saturated carbocycles. The lowest BCUT2D eigenvalue weighted by molar-refractivity contribution is -0.187. The largest absolute Gasteiger partial charge is 0.461 e. The van der Waals surface area contributed by atoms with Crippen LogP contribution in [0.15, 0.2) is 30.3 Å². The van der Waals surface area contributed by atoms with Crippen molar-refractivity contribution in [2.45, 2.75) is 38.9 Å². The van der Waals surface area contributed by atoms with Gasteiger partial charge in [0.25, 0.3) is 0 Å². The molecule has 0 bridgehead atoms. The molecule has 1 aromatic carbocycles. The van der Waals surface area contributed by atoms with E-state index in [1.807, 2.05) is 30.3 Å². The highest BCUT2D eigenvalue weighted by Gasteiger charge is 2.40. The summed E-state index contributed by atoms with van der Waals surface area (Å²) in [7, 11) is 0. The molecule has 18 heavy (non-hydrogen) atoms. The molecule has 0 N–H and O–H groups in total. The minimum absolute atomic E-state index is 0.0371. The predicted molar refractivity (Wildman–Crippen MR) is 69.0 cm³/mol. The first kappa shape index (κ1) is 13.1. The summed E-state index contributed by atoms with van der Waals surface area (Å²) in [6.07, 6.45) is 2.85. The molecule has 0 radical (unpaired) electrons. The molecule has 0 aromatic heterocycles. The summed E-state index contributed by atoms with van der Waals surface area (Å²) in [6.45, 7) is 3.36. The number of benzene rings is 1. The molecule has 1 aliphatic heterocycles. The fraction of sp³-hybridized carbons (Fsp3) is 0.533. The van der Waals surface area contributed by atoms with Gasteiger partial charge in [-0.3, -0.25) is 4.79 Å². The maximum absolute atomic E-state index is 11.2. The Bertz CT molecular complexity index is 375. The minimum Gasteiger partial charge on any atom is -0.461 e. The fourth-order valence-corrected chi connectivity index (χ4v) is 2.24. The second-order valence-electron chi connectivity index (χ2n) is 4.70. The van der Waals surface area contributed by atoms with Gasteiger partial charge in [0.1, 0.15) is 6.10 Å². The van der Waals surface area contributed by atoms with E-state index in [0.29, 0.717) is 13.2 Å². The van der Waals surface area contributed by atoms with Gasteiger partial charge < -0.3 is 9.47 Å². The van der Waals surface area contributed by atoms with Gasteiger partial charge in [-0.2, -0.15) is 0 Å². The van der Waals surface area contributed by atoms with Crippen LogP contribution in [0.25, 0.3) is 0 Å².